The molecule has 1 atom stereocenters. The van der Waals surface area contributed by atoms with Gasteiger partial charge in [-0.1, -0.05) is 32.6 Å². The van der Waals surface area contributed by atoms with Crippen LogP contribution < -0.4 is 16.5 Å². The van der Waals surface area contributed by atoms with Crippen molar-refractivity contribution in [2.75, 3.05) is 12.3 Å². The third-order valence-corrected chi connectivity index (χ3v) is 9.12. The van der Waals surface area contributed by atoms with Gasteiger partial charge >= 0.3 is 5.97 Å². The fraction of sp³-hybridized carbons (Fsp3) is 0.375. The van der Waals surface area contributed by atoms with Crippen molar-refractivity contribution in [1.29, 1.82) is 0 Å². The second kappa shape index (κ2) is 6.98. The van der Waals surface area contributed by atoms with Crippen LogP contribution in [0.15, 0.2) is 23.0 Å². The summed E-state index contributed by atoms with van der Waals surface area (Å²) in [4.78, 5) is 30.9. The highest BCUT2D eigenvalue weighted by Gasteiger charge is 2.46. The van der Waals surface area contributed by atoms with Gasteiger partial charge < -0.3 is 20.1 Å². The summed E-state index contributed by atoms with van der Waals surface area (Å²) in [6.07, 6.45) is 0.265. The fourth-order valence-electron chi connectivity index (χ4n) is 5.10. The molecule has 0 saturated carbocycles. The molecule has 3 N–H and O–H groups in total. The van der Waals surface area contributed by atoms with E-state index >= 15 is 4.39 Å². The van der Waals surface area contributed by atoms with Gasteiger partial charge in [-0.3, -0.25) is 9.59 Å². The predicted molar refractivity (Wildman–Crippen MR) is 127 cm³/mol. The highest BCUT2D eigenvalue weighted by molar-refractivity contribution is 6.90. The summed E-state index contributed by atoms with van der Waals surface area (Å²) in [5, 5.41) is 11.4. The molecule has 2 aromatic heterocycles. The maximum atomic E-state index is 15.9. The van der Waals surface area contributed by atoms with Crippen LogP contribution in [-0.4, -0.2) is 35.3 Å². The Morgan fingerprint density at radius 2 is 2.00 bits per heavy atom. The first-order valence-corrected chi connectivity index (χ1v) is 14.5. The third kappa shape index (κ3) is 2.78. The van der Waals surface area contributed by atoms with E-state index in [1.807, 2.05) is 6.07 Å². The number of nitrogens with two attached hydrogens (primary N) is 1. The number of benzene rings is 1. The van der Waals surface area contributed by atoms with Crippen LogP contribution in [-0.2, 0) is 28.1 Å². The molecule has 172 valence electrons. The van der Waals surface area contributed by atoms with E-state index in [1.54, 1.807) is 19.1 Å². The minimum Gasteiger partial charge on any atom is -0.460 e. The summed E-state index contributed by atoms with van der Waals surface area (Å²) in [5.41, 5.74) is 7.20. The number of nitrogen functional groups attached to an aromatic ring is 1. The van der Waals surface area contributed by atoms with E-state index < -0.39 is 31.9 Å². The van der Waals surface area contributed by atoms with Crippen LogP contribution in [0.5, 0.6) is 0 Å². The smallest absolute Gasteiger partial charge is 0.319 e. The summed E-state index contributed by atoms with van der Waals surface area (Å²) >= 11 is 0. The Kier molecular flexibility index (Phi) is 4.61. The van der Waals surface area contributed by atoms with Gasteiger partial charge in [-0.2, -0.15) is 0 Å². The first-order chi connectivity index (χ1) is 15.5. The second-order valence-electron chi connectivity index (χ2n) is 9.91. The highest BCUT2D eigenvalue weighted by Crippen LogP contribution is 2.41. The molecule has 7 nitrogen and oxygen atoms in total. The topological polar surface area (TPSA) is 107 Å². The van der Waals surface area contributed by atoms with Gasteiger partial charge in [0.25, 0.3) is 5.56 Å². The summed E-state index contributed by atoms with van der Waals surface area (Å²) in [7, 11) is -1.89. The van der Waals surface area contributed by atoms with Crippen LogP contribution in [0.1, 0.15) is 30.0 Å². The first-order valence-electron chi connectivity index (χ1n) is 11.0. The summed E-state index contributed by atoms with van der Waals surface area (Å²) < 4.78 is 22.6. The van der Waals surface area contributed by atoms with Crippen LogP contribution in [0.25, 0.3) is 22.3 Å². The van der Waals surface area contributed by atoms with Gasteiger partial charge in [-0.15, -0.1) is 0 Å². The Balaban J connectivity index is 1.87. The molecule has 0 amide bonds. The molecular formula is C24H26FN3O4Si. The lowest BCUT2D eigenvalue weighted by Gasteiger charge is -2.34. The number of halogens is 1. The number of aromatic nitrogens is 2. The lowest BCUT2D eigenvalue weighted by molar-refractivity contribution is -0.156. The van der Waals surface area contributed by atoms with Gasteiger partial charge in [0, 0.05) is 11.3 Å². The van der Waals surface area contributed by atoms with Gasteiger partial charge in [-0.25, -0.2) is 9.37 Å². The standard InChI is InChI=1S/C24H26FN3O4Si/c1-5-24(11-29)14-8-16-20-12(9-28(16)22(30)13(14)10-32-23(24)31)19(25)18-15(26)6-7-17(21(18)27-20)33(2,3)4/h6-8,29H,5,9-11,26H2,1-4H3. The lowest BCUT2D eigenvalue weighted by Crippen LogP contribution is -2.47. The predicted octanol–water partition coefficient (Wildman–Crippen LogP) is 2.39. The molecule has 2 aliphatic rings. The number of hydrogen-bond donors (Lipinski definition) is 2. The molecule has 3 aromatic rings. The molecule has 1 aromatic carbocycles. The normalized spacial score (nSPS) is 19.3. The Morgan fingerprint density at radius 1 is 1.27 bits per heavy atom. The van der Waals surface area contributed by atoms with Crippen LogP contribution in [0, 0.1) is 5.82 Å². The van der Waals surface area contributed by atoms with Crippen molar-refractivity contribution in [3.63, 3.8) is 0 Å². The van der Waals surface area contributed by atoms with E-state index in [9.17, 15) is 14.7 Å². The monoisotopic (exact) mass is 467 g/mol. The molecule has 0 bridgehead atoms. The average Bonchev–Trinajstić information content (AvgIpc) is 3.13. The zero-order valence-electron chi connectivity index (χ0n) is 19.1. The number of fused-ring (bicyclic) bond motifs is 5. The number of cyclic esters (lactones) is 1. The van der Waals surface area contributed by atoms with E-state index in [-0.39, 0.29) is 30.5 Å². The van der Waals surface area contributed by atoms with Crippen molar-refractivity contribution in [2.45, 2.75) is 51.6 Å². The number of pyridine rings is 2. The second-order valence-corrected chi connectivity index (χ2v) is 15.0. The third-order valence-electron chi connectivity index (χ3n) is 7.10. The van der Waals surface area contributed by atoms with Crippen LogP contribution in [0.3, 0.4) is 0 Å². The van der Waals surface area contributed by atoms with Gasteiger partial charge in [0.2, 0.25) is 0 Å². The molecule has 0 fully saturated rings. The average molecular weight is 468 g/mol. The van der Waals surface area contributed by atoms with E-state index in [4.69, 9.17) is 15.5 Å². The number of aliphatic hydroxyl groups excluding tert-OH is 1. The largest absolute Gasteiger partial charge is 0.460 e. The fourth-order valence-corrected chi connectivity index (χ4v) is 6.57. The lowest BCUT2D eigenvalue weighted by atomic mass is 9.75. The minimum absolute atomic E-state index is 0.0222. The molecule has 33 heavy (non-hydrogen) atoms. The number of esters is 1. The van der Waals surface area contributed by atoms with Crippen molar-refractivity contribution < 1.29 is 19.0 Å². The number of hydrogen-bond acceptors (Lipinski definition) is 6. The maximum Gasteiger partial charge on any atom is 0.319 e. The molecule has 1 unspecified atom stereocenters. The molecule has 0 saturated heterocycles. The minimum atomic E-state index is -1.89. The molecule has 0 aliphatic carbocycles. The number of rotatable bonds is 3. The van der Waals surface area contributed by atoms with Crippen molar-refractivity contribution in [2.24, 2.45) is 0 Å². The van der Waals surface area contributed by atoms with Gasteiger partial charge in [0.05, 0.1) is 49.1 Å². The zero-order chi connectivity index (χ0) is 23.9. The van der Waals surface area contributed by atoms with Crippen molar-refractivity contribution in [1.82, 2.24) is 9.55 Å². The number of carbonyl (C=O) groups excluding carboxylic acids is 1. The Labute approximate surface area is 191 Å². The van der Waals surface area contributed by atoms with Crippen LogP contribution in [0.2, 0.25) is 19.6 Å². The van der Waals surface area contributed by atoms with Crippen molar-refractivity contribution in [3.05, 3.63) is 51.1 Å². The summed E-state index contributed by atoms with van der Waals surface area (Å²) in [5.74, 6) is -1.03. The van der Waals surface area contributed by atoms with E-state index in [1.165, 1.54) is 4.57 Å². The zero-order valence-corrected chi connectivity index (χ0v) is 20.1. The highest BCUT2D eigenvalue weighted by atomic mass is 28.3. The summed E-state index contributed by atoms with van der Waals surface area (Å²) in [6, 6.07) is 5.35. The molecule has 0 spiro atoms. The van der Waals surface area contributed by atoms with Gasteiger partial charge in [-0.05, 0) is 29.3 Å². The SMILES string of the molecule is CCC1(CO)C(=O)OCc2c1cc1n(c2=O)Cc2c-1nc1c([Si](C)(C)C)ccc(N)c1c2F. The number of ether oxygens (including phenoxy) is 1. The van der Waals surface area contributed by atoms with Crippen molar-refractivity contribution in [3.8, 4) is 11.4 Å². The number of aliphatic hydroxyl groups is 1. The molecule has 0 radical (unpaired) electrons. The van der Waals surface area contributed by atoms with Gasteiger partial charge in [0.15, 0.2) is 0 Å². The number of carbonyl (C=O) groups is 1. The number of anilines is 1. The molecule has 2 aliphatic heterocycles. The number of nitrogens with zero attached hydrogens (tertiary/aromatic N) is 2. The van der Waals surface area contributed by atoms with Crippen molar-refractivity contribution >= 4 is 35.8 Å². The van der Waals surface area contributed by atoms with Gasteiger partial charge in [0.1, 0.15) is 17.8 Å². The molecule has 4 heterocycles. The van der Waals surface area contributed by atoms with E-state index in [2.05, 4.69) is 19.6 Å². The first kappa shape index (κ1) is 21.8. The van der Waals surface area contributed by atoms with E-state index in [0.717, 1.165) is 5.19 Å². The summed E-state index contributed by atoms with van der Waals surface area (Å²) in [6.45, 7) is 7.59. The Morgan fingerprint density at radius 3 is 2.64 bits per heavy atom. The molecule has 5 rings (SSSR count). The maximum absolute atomic E-state index is 15.9. The molecule has 9 heteroatoms. The Bertz CT molecular complexity index is 1420. The Hall–Kier alpha value is -3.04. The van der Waals surface area contributed by atoms with Crippen LogP contribution >= 0.6 is 0 Å². The van der Waals surface area contributed by atoms with Crippen LogP contribution in [0.4, 0.5) is 10.1 Å². The molecular weight excluding hydrogens is 441 g/mol. The quantitative estimate of drug-likeness (QED) is 0.272. The van der Waals surface area contributed by atoms with E-state index in [0.29, 0.717) is 39.3 Å².